The molecule has 0 radical (unpaired) electrons. The van der Waals surface area contributed by atoms with Crippen LogP contribution in [0.5, 0.6) is 23.0 Å². The van der Waals surface area contributed by atoms with Crippen LogP contribution in [-0.4, -0.2) is 58.8 Å². The van der Waals surface area contributed by atoms with Crippen LogP contribution in [0.25, 0.3) is 0 Å². The standard InChI is InChI=1S/C43H56O6P2/c1-25-15-19-35(29(5)39(25)44-11)50(36-20-16-26(2)40(45-12)30(36)6)23-33-34(49-43(9,10)48-33)24-51(37-21-17-27(3)41(46-13)31(37)7)38-22-18-28(4)42(47-14)32(38)8/h15-22,33-34H,23-24H2,1-14H3. The predicted molar refractivity (Wildman–Crippen MR) is 216 cm³/mol. The topological polar surface area (TPSA) is 55.4 Å². The number of benzene rings is 4. The van der Waals surface area contributed by atoms with Crippen LogP contribution in [0, 0.1) is 55.4 Å². The van der Waals surface area contributed by atoms with Gasteiger partial charge in [-0.1, -0.05) is 48.5 Å². The summed E-state index contributed by atoms with van der Waals surface area (Å²) in [6.45, 7) is 21.3. The van der Waals surface area contributed by atoms with Gasteiger partial charge >= 0.3 is 0 Å². The fourth-order valence-corrected chi connectivity index (χ4v) is 13.6. The normalized spacial score (nSPS) is 16.9. The first-order valence-electron chi connectivity index (χ1n) is 17.6. The first kappa shape index (κ1) is 39.1. The number of rotatable bonds is 12. The zero-order valence-corrected chi connectivity index (χ0v) is 34.8. The Balaban J connectivity index is 1.66. The summed E-state index contributed by atoms with van der Waals surface area (Å²) in [6.07, 6.45) is 1.27. The summed E-state index contributed by atoms with van der Waals surface area (Å²) in [4.78, 5) is 0. The highest BCUT2D eigenvalue weighted by Crippen LogP contribution is 2.48. The van der Waals surface area contributed by atoms with Gasteiger partial charge in [-0.05, 0) is 151 Å². The summed E-state index contributed by atoms with van der Waals surface area (Å²) in [6, 6.07) is 17.9. The van der Waals surface area contributed by atoms with E-state index in [-0.39, 0.29) is 12.2 Å². The highest BCUT2D eigenvalue weighted by atomic mass is 31.1. The van der Waals surface area contributed by atoms with Gasteiger partial charge in [-0.15, -0.1) is 0 Å². The smallest absolute Gasteiger partial charge is 0.163 e. The molecule has 1 heterocycles. The monoisotopic (exact) mass is 730 g/mol. The van der Waals surface area contributed by atoms with Crippen molar-refractivity contribution in [2.75, 3.05) is 40.8 Å². The van der Waals surface area contributed by atoms with Gasteiger partial charge in [-0.2, -0.15) is 0 Å². The number of ether oxygens (including phenoxy) is 6. The number of methoxy groups -OCH3 is 4. The molecule has 0 bridgehead atoms. The van der Waals surface area contributed by atoms with Crippen LogP contribution < -0.4 is 40.2 Å². The summed E-state index contributed by atoms with van der Waals surface area (Å²) >= 11 is 0. The fourth-order valence-electron chi connectivity index (χ4n) is 7.92. The van der Waals surface area contributed by atoms with Crippen molar-refractivity contribution in [3.8, 4) is 23.0 Å². The molecule has 4 aromatic carbocycles. The van der Waals surface area contributed by atoms with Gasteiger partial charge < -0.3 is 28.4 Å². The molecule has 0 spiro atoms. The zero-order chi connectivity index (χ0) is 37.4. The van der Waals surface area contributed by atoms with Gasteiger partial charge in [0.2, 0.25) is 0 Å². The van der Waals surface area contributed by atoms with Crippen LogP contribution in [0.1, 0.15) is 58.4 Å². The van der Waals surface area contributed by atoms with Crippen LogP contribution >= 0.6 is 15.8 Å². The molecule has 1 saturated heterocycles. The van der Waals surface area contributed by atoms with Crippen LogP contribution in [0.3, 0.4) is 0 Å². The molecule has 5 rings (SSSR count). The minimum atomic E-state index is -0.908. The van der Waals surface area contributed by atoms with Crippen molar-refractivity contribution in [1.29, 1.82) is 0 Å². The predicted octanol–water partition coefficient (Wildman–Crippen LogP) is 8.27. The molecule has 4 aromatic rings. The second kappa shape index (κ2) is 15.8. The Morgan fingerprint density at radius 1 is 0.451 bits per heavy atom. The molecule has 2 unspecified atom stereocenters. The lowest BCUT2D eigenvalue weighted by Gasteiger charge is -2.31. The zero-order valence-electron chi connectivity index (χ0n) is 33.0. The SMILES string of the molecule is COc1c(C)ccc(P(CC2OC(C)(C)OC2CP(c2ccc(C)c(OC)c2C)c2ccc(C)c(OC)c2C)c2ccc(C)c(OC)c2C)c1C. The number of hydrogen-bond donors (Lipinski definition) is 0. The third-order valence-electron chi connectivity index (χ3n) is 10.3. The minimum Gasteiger partial charge on any atom is -0.496 e. The van der Waals surface area contributed by atoms with Crippen LogP contribution in [0.15, 0.2) is 48.5 Å². The molecule has 1 aliphatic rings. The van der Waals surface area contributed by atoms with E-state index < -0.39 is 21.6 Å². The third-order valence-corrected chi connectivity index (χ3v) is 16.0. The maximum absolute atomic E-state index is 6.93. The van der Waals surface area contributed by atoms with Crippen LogP contribution in [-0.2, 0) is 9.47 Å². The molecule has 1 aliphatic heterocycles. The Labute approximate surface area is 308 Å². The van der Waals surface area contributed by atoms with E-state index in [4.69, 9.17) is 28.4 Å². The molecule has 2 atom stereocenters. The third kappa shape index (κ3) is 7.67. The second-order valence-corrected chi connectivity index (χ2v) is 18.5. The Hall–Kier alpha value is -3.14. The molecule has 6 nitrogen and oxygen atoms in total. The highest BCUT2D eigenvalue weighted by Gasteiger charge is 2.44. The lowest BCUT2D eigenvalue weighted by molar-refractivity contribution is -0.142. The number of aryl methyl sites for hydroxylation is 4. The van der Waals surface area contributed by atoms with Crippen LogP contribution in [0.4, 0.5) is 0 Å². The first-order valence-corrected chi connectivity index (χ1v) is 20.7. The Bertz CT molecular complexity index is 1650. The second-order valence-electron chi connectivity index (χ2n) is 14.2. The molecule has 0 N–H and O–H groups in total. The van der Waals surface area contributed by atoms with Gasteiger partial charge in [-0.3, -0.25) is 0 Å². The molecule has 8 heteroatoms. The van der Waals surface area contributed by atoms with Gasteiger partial charge in [0.15, 0.2) is 5.79 Å². The van der Waals surface area contributed by atoms with E-state index in [1.54, 1.807) is 28.4 Å². The maximum atomic E-state index is 6.93. The molecular weight excluding hydrogens is 674 g/mol. The van der Waals surface area contributed by atoms with E-state index in [2.05, 4.69) is 104 Å². The summed E-state index contributed by atoms with van der Waals surface area (Å²) in [5.74, 6) is 3.01. The van der Waals surface area contributed by atoms with Crippen molar-refractivity contribution in [1.82, 2.24) is 0 Å². The van der Waals surface area contributed by atoms with Crippen molar-refractivity contribution in [3.63, 3.8) is 0 Å². The molecule has 0 aliphatic carbocycles. The summed E-state index contributed by atoms with van der Waals surface area (Å²) in [5, 5.41) is 5.14. The van der Waals surface area contributed by atoms with E-state index in [9.17, 15) is 0 Å². The van der Waals surface area contributed by atoms with Crippen LogP contribution in [0.2, 0.25) is 0 Å². The Morgan fingerprint density at radius 3 is 0.902 bits per heavy atom. The lowest BCUT2D eigenvalue weighted by atomic mass is 10.1. The van der Waals surface area contributed by atoms with E-state index in [1.165, 1.54) is 43.5 Å². The van der Waals surface area contributed by atoms with Gasteiger partial charge in [-0.25, -0.2) is 0 Å². The lowest BCUT2D eigenvalue weighted by Crippen LogP contribution is -2.35. The van der Waals surface area contributed by atoms with Gasteiger partial charge in [0.1, 0.15) is 23.0 Å². The van der Waals surface area contributed by atoms with Crippen molar-refractivity contribution in [2.45, 2.75) is 87.2 Å². The molecular formula is C43H56O6P2. The highest BCUT2D eigenvalue weighted by molar-refractivity contribution is 7.73. The van der Waals surface area contributed by atoms with E-state index in [0.29, 0.717) is 0 Å². The Morgan fingerprint density at radius 2 is 0.686 bits per heavy atom. The van der Waals surface area contributed by atoms with E-state index in [1.807, 2.05) is 13.8 Å². The average molecular weight is 731 g/mol. The van der Waals surface area contributed by atoms with Crippen molar-refractivity contribution in [3.05, 3.63) is 93.0 Å². The molecule has 0 saturated carbocycles. The number of hydrogen-bond acceptors (Lipinski definition) is 6. The fraction of sp³-hybridized carbons (Fsp3) is 0.442. The minimum absolute atomic E-state index is 0.158. The van der Waals surface area contributed by atoms with Gasteiger partial charge in [0.25, 0.3) is 0 Å². The maximum Gasteiger partial charge on any atom is 0.163 e. The van der Waals surface area contributed by atoms with Crippen molar-refractivity contribution < 1.29 is 28.4 Å². The quantitative estimate of drug-likeness (QED) is 0.137. The Kier molecular flexibility index (Phi) is 12.1. The van der Waals surface area contributed by atoms with Crippen molar-refractivity contribution in [2.24, 2.45) is 0 Å². The summed E-state index contributed by atoms with van der Waals surface area (Å²) < 4.78 is 37.7. The van der Waals surface area contributed by atoms with Gasteiger partial charge in [0, 0.05) is 12.3 Å². The first-order chi connectivity index (χ1) is 24.2. The molecule has 274 valence electrons. The molecule has 0 amide bonds. The summed E-state index contributed by atoms with van der Waals surface area (Å²) in [5.41, 5.74) is 9.20. The average Bonchev–Trinajstić information content (AvgIpc) is 3.36. The summed E-state index contributed by atoms with van der Waals surface area (Å²) in [7, 11) is 5.24. The molecule has 51 heavy (non-hydrogen) atoms. The molecule has 0 aromatic heterocycles. The van der Waals surface area contributed by atoms with Crippen molar-refractivity contribution >= 4 is 37.1 Å². The van der Waals surface area contributed by atoms with Gasteiger partial charge in [0.05, 0.1) is 40.6 Å². The van der Waals surface area contributed by atoms with E-state index in [0.717, 1.165) is 57.6 Å². The largest absolute Gasteiger partial charge is 0.496 e. The molecule has 1 fully saturated rings. The van der Waals surface area contributed by atoms with E-state index >= 15 is 0 Å².